The fraction of sp³-hybridized carbons (Fsp3) is 0.0800. The van der Waals surface area contributed by atoms with E-state index in [9.17, 15) is 26.4 Å². The molecule has 39 heavy (non-hydrogen) atoms. The number of nitrogens with zero attached hydrogens (tertiary/aromatic N) is 2. The van der Waals surface area contributed by atoms with Crippen molar-refractivity contribution in [2.75, 3.05) is 12.4 Å². The summed E-state index contributed by atoms with van der Waals surface area (Å²) in [7, 11) is -3.03. The monoisotopic (exact) mass is 558 g/mol. The Labute approximate surface area is 220 Å². The number of amides is 1. The number of methoxy groups -OCH3 is 1. The smallest absolute Gasteiger partial charge is 0.438 e. The quantitative estimate of drug-likeness (QED) is 0.199. The van der Waals surface area contributed by atoms with Crippen molar-refractivity contribution in [2.24, 2.45) is 10.9 Å². The van der Waals surface area contributed by atoms with Crippen LogP contribution in [0.2, 0.25) is 0 Å². The predicted molar refractivity (Wildman–Crippen MR) is 137 cm³/mol. The largest absolute Gasteiger partial charge is 0.492 e. The van der Waals surface area contributed by atoms with Gasteiger partial charge < -0.3 is 15.8 Å². The van der Waals surface area contributed by atoms with E-state index in [2.05, 4.69) is 10.4 Å². The van der Waals surface area contributed by atoms with E-state index in [0.29, 0.717) is 11.1 Å². The van der Waals surface area contributed by atoms with Crippen LogP contribution < -0.4 is 20.9 Å². The summed E-state index contributed by atoms with van der Waals surface area (Å²) in [5.74, 6) is -2.10. The molecule has 0 unspecified atom stereocenters. The zero-order valence-electron chi connectivity index (χ0n) is 20.2. The van der Waals surface area contributed by atoms with Crippen LogP contribution in [0.4, 0.5) is 18.9 Å². The number of hydrogen-bond acceptors (Lipinski definition) is 6. The number of rotatable bonds is 7. The van der Waals surface area contributed by atoms with Crippen LogP contribution in [0.1, 0.15) is 21.7 Å². The highest BCUT2D eigenvalue weighted by atomic mass is 32.2. The highest BCUT2D eigenvalue weighted by Crippen LogP contribution is 2.39. The summed E-state index contributed by atoms with van der Waals surface area (Å²) >= 11 is 0. The minimum absolute atomic E-state index is 0.0385. The van der Waals surface area contributed by atoms with Gasteiger partial charge in [-0.1, -0.05) is 42.5 Å². The SMILES string of the molecule is COc1c(C(F)(F)F)nn(-c2cccc(C(=N)N)c2)c1C(=O)Nc1ccc(-c2ccccc2S(N)(=O)=O)cc1. The summed E-state index contributed by atoms with van der Waals surface area (Å²) in [5, 5.41) is 19.0. The molecule has 0 atom stereocenters. The topological polar surface area (TPSA) is 166 Å². The van der Waals surface area contributed by atoms with Crippen LogP contribution in [-0.2, 0) is 16.2 Å². The maximum Gasteiger partial charge on any atom is 0.438 e. The molecule has 10 nitrogen and oxygen atoms in total. The molecule has 0 saturated heterocycles. The van der Waals surface area contributed by atoms with Gasteiger partial charge in [0, 0.05) is 16.8 Å². The molecule has 1 amide bonds. The van der Waals surface area contributed by atoms with Crippen LogP contribution in [0.15, 0.2) is 77.7 Å². The first-order valence-electron chi connectivity index (χ1n) is 11.0. The Morgan fingerprint density at radius 3 is 2.31 bits per heavy atom. The van der Waals surface area contributed by atoms with Crippen LogP contribution >= 0.6 is 0 Å². The first-order chi connectivity index (χ1) is 18.3. The van der Waals surface area contributed by atoms with Crippen LogP contribution in [0.3, 0.4) is 0 Å². The van der Waals surface area contributed by atoms with Gasteiger partial charge in [-0.3, -0.25) is 10.2 Å². The lowest BCUT2D eigenvalue weighted by molar-refractivity contribution is -0.142. The summed E-state index contributed by atoms with van der Waals surface area (Å²) in [6.45, 7) is 0. The Bertz CT molecular complexity index is 1680. The second kappa shape index (κ2) is 10.2. The Morgan fingerprint density at radius 1 is 1.05 bits per heavy atom. The van der Waals surface area contributed by atoms with Crippen LogP contribution in [-0.4, -0.2) is 37.1 Å². The highest BCUT2D eigenvalue weighted by Gasteiger charge is 2.42. The molecule has 0 aliphatic carbocycles. The molecule has 4 aromatic rings. The van der Waals surface area contributed by atoms with Gasteiger partial charge in [0.2, 0.25) is 15.7 Å². The maximum atomic E-state index is 13.8. The fourth-order valence-corrected chi connectivity index (χ4v) is 4.61. The second-order valence-corrected chi connectivity index (χ2v) is 9.71. The molecule has 0 aliphatic rings. The van der Waals surface area contributed by atoms with Crippen molar-refractivity contribution in [1.82, 2.24) is 9.78 Å². The number of hydrogen-bond donors (Lipinski definition) is 4. The number of carbonyl (C=O) groups is 1. The number of carbonyl (C=O) groups excluding carboxylic acids is 1. The number of aromatic nitrogens is 2. The molecule has 0 fully saturated rings. The zero-order chi connectivity index (χ0) is 28.5. The third-order valence-corrected chi connectivity index (χ3v) is 6.55. The molecule has 6 N–H and O–H groups in total. The van der Waals surface area contributed by atoms with Crippen molar-refractivity contribution in [1.29, 1.82) is 5.41 Å². The molecule has 1 aromatic heterocycles. The summed E-state index contributed by atoms with van der Waals surface area (Å²) in [5.41, 5.74) is 4.78. The molecule has 0 aliphatic heterocycles. The van der Waals surface area contributed by atoms with Gasteiger partial charge in [0.05, 0.1) is 17.7 Å². The van der Waals surface area contributed by atoms with Gasteiger partial charge in [-0.2, -0.15) is 18.3 Å². The molecule has 0 bridgehead atoms. The van der Waals surface area contributed by atoms with Crippen molar-refractivity contribution in [3.8, 4) is 22.6 Å². The Balaban J connectivity index is 1.75. The molecule has 4 rings (SSSR count). The number of nitrogen functional groups attached to an aromatic ring is 1. The van der Waals surface area contributed by atoms with E-state index in [1.807, 2.05) is 0 Å². The Morgan fingerprint density at radius 2 is 1.72 bits per heavy atom. The van der Waals surface area contributed by atoms with E-state index >= 15 is 0 Å². The summed E-state index contributed by atoms with van der Waals surface area (Å²) < 4.78 is 70.9. The predicted octanol–water partition coefficient (Wildman–Crippen LogP) is 3.75. The maximum absolute atomic E-state index is 13.8. The van der Waals surface area contributed by atoms with Crippen LogP contribution in [0, 0.1) is 5.41 Å². The second-order valence-electron chi connectivity index (χ2n) is 8.18. The average Bonchev–Trinajstić information content (AvgIpc) is 3.29. The van der Waals surface area contributed by atoms with E-state index in [4.69, 9.17) is 21.0 Å². The third kappa shape index (κ3) is 5.61. The van der Waals surface area contributed by atoms with E-state index in [0.717, 1.165) is 11.8 Å². The van der Waals surface area contributed by atoms with Crippen molar-refractivity contribution in [3.63, 3.8) is 0 Å². The Kier molecular flexibility index (Phi) is 7.17. The highest BCUT2D eigenvalue weighted by molar-refractivity contribution is 7.89. The summed E-state index contributed by atoms with van der Waals surface area (Å²) in [6, 6.07) is 17.6. The standard InChI is InChI=1S/C25H21F3N6O4S/c1-38-21-20(34(33-22(21)25(26,27)28)17-6-4-5-15(13-17)23(29)30)24(35)32-16-11-9-14(10-12-16)18-7-2-3-8-19(18)39(31,36)37/h2-13H,1H3,(H3,29,30)(H,32,35)(H2,31,36,37). The lowest BCUT2D eigenvalue weighted by atomic mass is 10.1. The van der Waals surface area contributed by atoms with Gasteiger partial charge >= 0.3 is 6.18 Å². The number of amidine groups is 1. The number of ether oxygens (including phenoxy) is 1. The fourth-order valence-electron chi connectivity index (χ4n) is 3.85. The minimum atomic E-state index is -4.94. The molecule has 0 saturated carbocycles. The first kappa shape index (κ1) is 27.3. The Hall–Kier alpha value is -4.69. The van der Waals surface area contributed by atoms with E-state index in [1.165, 1.54) is 60.7 Å². The number of anilines is 1. The minimum Gasteiger partial charge on any atom is -0.492 e. The van der Waals surface area contributed by atoms with Gasteiger partial charge in [-0.25, -0.2) is 18.2 Å². The number of sulfonamides is 1. The van der Waals surface area contributed by atoms with Gasteiger partial charge in [0.25, 0.3) is 5.91 Å². The molecule has 14 heteroatoms. The molecule has 0 radical (unpaired) electrons. The lowest BCUT2D eigenvalue weighted by Gasteiger charge is -2.12. The average molecular weight is 559 g/mol. The van der Waals surface area contributed by atoms with Crippen molar-refractivity contribution in [2.45, 2.75) is 11.1 Å². The third-order valence-electron chi connectivity index (χ3n) is 5.58. The molecular formula is C25H21F3N6O4S. The number of halogens is 3. The molecule has 3 aromatic carbocycles. The van der Waals surface area contributed by atoms with Gasteiger partial charge in [-0.05, 0) is 35.9 Å². The van der Waals surface area contributed by atoms with Gasteiger partial charge in [0.15, 0.2) is 11.4 Å². The van der Waals surface area contributed by atoms with Crippen LogP contribution in [0.25, 0.3) is 16.8 Å². The van der Waals surface area contributed by atoms with E-state index < -0.39 is 39.2 Å². The molecule has 202 valence electrons. The first-order valence-corrected chi connectivity index (χ1v) is 12.6. The number of benzene rings is 3. The van der Waals surface area contributed by atoms with Crippen LogP contribution in [0.5, 0.6) is 5.75 Å². The van der Waals surface area contributed by atoms with Gasteiger partial charge in [-0.15, -0.1) is 0 Å². The van der Waals surface area contributed by atoms with Crippen molar-refractivity contribution >= 4 is 27.5 Å². The number of nitrogens with one attached hydrogen (secondary N) is 2. The zero-order valence-corrected chi connectivity index (χ0v) is 21.0. The molecule has 0 spiro atoms. The summed E-state index contributed by atoms with van der Waals surface area (Å²) in [4.78, 5) is 13.2. The van der Waals surface area contributed by atoms with E-state index in [1.54, 1.807) is 12.1 Å². The lowest BCUT2D eigenvalue weighted by Crippen LogP contribution is -2.18. The van der Waals surface area contributed by atoms with Crippen molar-refractivity contribution < 1.29 is 31.1 Å². The molecule has 1 heterocycles. The molecular weight excluding hydrogens is 537 g/mol. The van der Waals surface area contributed by atoms with E-state index in [-0.39, 0.29) is 27.7 Å². The number of alkyl halides is 3. The number of nitrogens with two attached hydrogens (primary N) is 2. The normalized spacial score (nSPS) is 11.7. The van der Waals surface area contributed by atoms with Crippen molar-refractivity contribution in [3.05, 3.63) is 89.7 Å². The number of primary sulfonamides is 1. The summed E-state index contributed by atoms with van der Waals surface area (Å²) in [6.07, 6.45) is -4.94. The van der Waals surface area contributed by atoms with Gasteiger partial charge in [0.1, 0.15) is 5.84 Å².